The summed E-state index contributed by atoms with van der Waals surface area (Å²) in [5.41, 5.74) is 0. The first-order valence-corrected chi connectivity index (χ1v) is 17.6. The maximum atomic E-state index is 11.2. The predicted molar refractivity (Wildman–Crippen MR) is 163 cm³/mol. The SMILES string of the molecule is OC[C@H]1O[C@H](O[C@H]2[C@H](O)[C@@H](O)[C@@H](O[C@H]3[C@@H]4OC[C@H]3O[C@H](O[C@H]3[C@H](O)[C@@H](O)[C@@H](O[C@H]5[C@H](O)[C@@H](O)C(O)O[C@@H]5CO)O[C@@H]3CO)[C@@H]4O)O[C@@H]2CO)[C@H](O)[C@@H](O)[C@@H]1O. The van der Waals surface area contributed by atoms with E-state index >= 15 is 0 Å². The molecule has 0 aromatic rings. The van der Waals surface area contributed by atoms with Crippen LogP contribution >= 0.6 is 0 Å². The molecular formula is C30H50O25. The molecule has 320 valence electrons. The number of hydrogen-bond acceptors (Lipinski definition) is 25. The van der Waals surface area contributed by atoms with Gasteiger partial charge in [0.2, 0.25) is 0 Å². The molecule has 2 bridgehead atoms. The summed E-state index contributed by atoms with van der Waals surface area (Å²) in [4.78, 5) is 0. The third kappa shape index (κ3) is 8.41. The molecule has 6 aliphatic rings. The van der Waals surface area contributed by atoms with Crippen LogP contribution in [0.4, 0.5) is 0 Å². The molecule has 6 heterocycles. The van der Waals surface area contributed by atoms with E-state index in [1.807, 2.05) is 0 Å². The number of aliphatic hydroxyl groups is 15. The Bertz CT molecular complexity index is 1220. The zero-order valence-electron chi connectivity index (χ0n) is 28.8. The predicted octanol–water partition coefficient (Wildman–Crippen LogP) is -10.9. The maximum absolute atomic E-state index is 11.2. The molecule has 55 heavy (non-hydrogen) atoms. The summed E-state index contributed by atoms with van der Waals surface area (Å²) < 4.78 is 55.7. The van der Waals surface area contributed by atoms with Crippen molar-refractivity contribution in [2.45, 2.75) is 154 Å². The third-order valence-corrected chi connectivity index (χ3v) is 10.6. The number of fused-ring (bicyclic) bond motifs is 2. The van der Waals surface area contributed by atoms with Crippen molar-refractivity contribution in [3.63, 3.8) is 0 Å². The van der Waals surface area contributed by atoms with Gasteiger partial charge in [0, 0.05) is 0 Å². The molecule has 25 nitrogen and oxygen atoms in total. The third-order valence-electron chi connectivity index (χ3n) is 10.6. The molecule has 0 aliphatic carbocycles. The van der Waals surface area contributed by atoms with Gasteiger partial charge in [0.25, 0.3) is 0 Å². The van der Waals surface area contributed by atoms with E-state index in [1.165, 1.54) is 0 Å². The van der Waals surface area contributed by atoms with Crippen LogP contribution in [-0.2, 0) is 47.4 Å². The van der Waals surface area contributed by atoms with Gasteiger partial charge in [-0.3, -0.25) is 0 Å². The smallest absolute Gasteiger partial charge is 0.187 e. The monoisotopic (exact) mass is 810 g/mol. The molecule has 0 saturated carbocycles. The van der Waals surface area contributed by atoms with E-state index in [2.05, 4.69) is 0 Å². The summed E-state index contributed by atoms with van der Waals surface area (Å²) in [6.45, 7) is -3.48. The molecule has 6 fully saturated rings. The minimum atomic E-state index is -1.96. The van der Waals surface area contributed by atoms with Crippen LogP contribution in [0.1, 0.15) is 0 Å². The number of rotatable bonds is 12. The van der Waals surface area contributed by atoms with Crippen LogP contribution in [0.2, 0.25) is 0 Å². The molecule has 0 aromatic carbocycles. The van der Waals surface area contributed by atoms with Crippen LogP contribution in [0.5, 0.6) is 0 Å². The topological polar surface area (TPSA) is 396 Å². The molecule has 25 heteroatoms. The largest absolute Gasteiger partial charge is 0.394 e. The highest BCUT2D eigenvalue weighted by Crippen LogP contribution is 2.38. The first-order valence-electron chi connectivity index (χ1n) is 17.6. The summed E-state index contributed by atoms with van der Waals surface area (Å²) >= 11 is 0. The van der Waals surface area contributed by atoms with E-state index in [4.69, 9.17) is 47.4 Å². The van der Waals surface area contributed by atoms with Crippen molar-refractivity contribution in [1.29, 1.82) is 0 Å². The van der Waals surface area contributed by atoms with Gasteiger partial charge in [0.15, 0.2) is 31.5 Å². The summed E-state index contributed by atoms with van der Waals surface area (Å²) in [6.07, 6.45) is -41.3. The van der Waals surface area contributed by atoms with Gasteiger partial charge < -0.3 is 124 Å². The van der Waals surface area contributed by atoms with Crippen LogP contribution in [0.3, 0.4) is 0 Å². The zero-order valence-corrected chi connectivity index (χ0v) is 28.8. The van der Waals surface area contributed by atoms with Gasteiger partial charge >= 0.3 is 0 Å². The molecular weight excluding hydrogens is 760 g/mol. The lowest BCUT2D eigenvalue weighted by atomic mass is 9.96. The zero-order chi connectivity index (χ0) is 40.0. The first kappa shape index (κ1) is 43.6. The molecule has 0 amide bonds. The van der Waals surface area contributed by atoms with Crippen molar-refractivity contribution in [3.8, 4) is 0 Å². The highest BCUT2D eigenvalue weighted by molar-refractivity contribution is 5.01. The van der Waals surface area contributed by atoms with Gasteiger partial charge in [0.05, 0.1) is 33.0 Å². The summed E-state index contributed by atoms with van der Waals surface area (Å²) in [6, 6.07) is 0. The van der Waals surface area contributed by atoms with Crippen molar-refractivity contribution in [3.05, 3.63) is 0 Å². The Hall–Kier alpha value is -1.00. The van der Waals surface area contributed by atoms with Crippen LogP contribution in [0.25, 0.3) is 0 Å². The van der Waals surface area contributed by atoms with Crippen LogP contribution in [-0.4, -0.2) is 263 Å². The lowest BCUT2D eigenvalue weighted by Crippen LogP contribution is -2.66. The van der Waals surface area contributed by atoms with E-state index in [0.717, 1.165) is 0 Å². The molecule has 15 N–H and O–H groups in total. The highest BCUT2D eigenvalue weighted by Gasteiger charge is 2.58. The van der Waals surface area contributed by atoms with Gasteiger partial charge in [0.1, 0.15) is 122 Å². The van der Waals surface area contributed by atoms with Crippen LogP contribution < -0.4 is 0 Å². The Morgan fingerprint density at radius 2 is 0.745 bits per heavy atom. The van der Waals surface area contributed by atoms with E-state index in [-0.39, 0.29) is 6.61 Å². The van der Waals surface area contributed by atoms with Crippen LogP contribution in [0, 0.1) is 0 Å². The van der Waals surface area contributed by atoms with Gasteiger partial charge in [-0.25, -0.2) is 0 Å². The molecule has 0 aromatic heterocycles. The lowest BCUT2D eigenvalue weighted by Gasteiger charge is -2.48. The average Bonchev–Trinajstić information content (AvgIpc) is 3.49. The van der Waals surface area contributed by atoms with Gasteiger partial charge in [-0.1, -0.05) is 0 Å². The Morgan fingerprint density at radius 1 is 0.364 bits per heavy atom. The highest BCUT2D eigenvalue weighted by atomic mass is 16.8. The van der Waals surface area contributed by atoms with Crippen LogP contribution in [0.15, 0.2) is 0 Å². The quantitative estimate of drug-likeness (QED) is 0.0870. The first-order chi connectivity index (χ1) is 26.1. The molecule has 0 radical (unpaired) electrons. The molecule has 0 spiro atoms. The van der Waals surface area contributed by atoms with E-state index in [0.29, 0.717) is 0 Å². The fourth-order valence-corrected chi connectivity index (χ4v) is 7.40. The Balaban J connectivity index is 1.07. The van der Waals surface area contributed by atoms with E-state index in [1.54, 1.807) is 0 Å². The molecule has 6 aliphatic heterocycles. The minimum Gasteiger partial charge on any atom is -0.394 e. The average molecular weight is 811 g/mol. The van der Waals surface area contributed by atoms with E-state index < -0.39 is 180 Å². The standard InChI is InChI=1S/C30H50O25/c31-1-6-11(35)12(36)17(41)27(48-6)53-22-8(3-33)50-29(19(43)15(22)39)55-24-10-5-46-25(24)20(44)30(51-10)54-23-9(4-34)49-28(18(42)14(23)38)52-21-7(2-32)47-26(45)16(40)13(21)37/h6-45H,1-5H2/t6-,7-,8-,9-,10-,11-,12+,13-,14-,15-,16-,17-,18-,19-,20-,21-,22-,23-,24-,25-,26?,27-,28-,29-,30-/m1/s1. The summed E-state index contributed by atoms with van der Waals surface area (Å²) in [5, 5.41) is 155. The second kappa shape index (κ2) is 18.1. The van der Waals surface area contributed by atoms with E-state index in [9.17, 15) is 76.6 Å². The second-order valence-electron chi connectivity index (χ2n) is 14.1. The van der Waals surface area contributed by atoms with Crippen molar-refractivity contribution < 1.29 is 124 Å². The number of aliphatic hydroxyl groups excluding tert-OH is 15. The molecule has 6 saturated heterocycles. The van der Waals surface area contributed by atoms with Crippen molar-refractivity contribution in [1.82, 2.24) is 0 Å². The fourth-order valence-electron chi connectivity index (χ4n) is 7.40. The minimum absolute atomic E-state index is 0.214. The van der Waals surface area contributed by atoms with Gasteiger partial charge in [-0.2, -0.15) is 0 Å². The lowest BCUT2D eigenvalue weighted by molar-refractivity contribution is -0.382. The molecule has 1 unspecified atom stereocenters. The van der Waals surface area contributed by atoms with Crippen molar-refractivity contribution >= 4 is 0 Å². The summed E-state index contributed by atoms with van der Waals surface area (Å²) in [5.74, 6) is 0. The fraction of sp³-hybridized carbons (Fsp3) is 1.00. The Kier molecular flexibility index (Phi) is 14.3. The Labute approximate surface area is 310 Å². The number of ether oxygens (including phenoxy) is 10. The van der Waals surface area contributed by atoms with Crippen molar-refractivity contribution in [2.75, 3.05) is 33.0 Å². The van der Waals surface area contributed by atoms with Gasteiger partial charge in [-0.15, -0.1) is 0 Å². The molecule has 25 atom stereocenters. The Morgan fingerprint density at radius 3 is 1.22 bits per heavy atom. The second-order valence-corrected chi connectivity index (χ2v) is 14.1. The molecule has 6 rings (SSSR count). The normalized spacial score (nSPS) is 54.7. The number of hydrogen-bond donors (Lipinski definition) is 15. The maximum Gasteiger partial charge on any atom is 0.187 e. The van der Waals surface area contributed by atoms with Crippen molar-refractivity contribution in [2.24, 2.45) is 0 Å². The summed E-state index contributed by atoms with van der Waals surface area (Å²) in [7, 11) is 0. The van der Waals surface area contributed by atoms with Gasteiger partial charge in [-0.05, 0) is 0 Å².